The Labute approximate surface area is 95.4 Å². The number of anilines is 1. The topological polar surface area (TPSA) is 29.9 Å². The third-order valence-corrected chi connectivity index (χ3v) is 3.86. The second-order valence-corrected chi connectivity index (χ2v) is 4.83. The molecule has 0 saturated heterocycles. The fourth-order valence-corrected chi connectivity index (χ4v) is 2.85. The minimum atomic E-state index is -0.228. The Balaban J connectivity index is 2.72. The highest BCUT2D eigenvalue weighted by molar-refractivity contribution is 14.2. The van der Waals surface area contributed by atoms with E-state index in [-0.39, 0.29) is 5.82 Å². The summed E-state index contributed by atoms with van der Waals surface area (Å²) in [6.45, 7) is 0. The molecule has 0 amide bonds. The van der Waals surface area contributed by atoms with Crippen LogP contribution in [0.1, 0.15) is 0 Å². The third kappa shape index (κ3) is 1.59. The monoisotopic (exact) mass is 323 g/mol. The van der Waals surface area contributed by atoms with Gasteiger partial charge < -0.3 is 5.32 Å². The fraction of sp³-hybridized carbons (Fsp3) is 0.125. The molecule has 2 rings (SSSR count). The molecule has 0 aliphatic heterocycles. The second-order valence-electron chi connectivity index (χ2n) is 2.79. The predicted octanol–water partition coefficient (Wildman–Crippen LogP) is 3.01. The fourth-order valence-electron chi connectivity index (χ4n) is 1.33. The summed E-state index contributed by atoms with van der Waals surface area (Å²) in [4.78, 5) is 0. The summed E-state index contributed by atoms with van der Waals surface area (Å²) < 4.78 is 15.3. The van der Waals surface area contributed by atoms with Crippen molar-refractivity contribution in [2.45, 2.75) is 0 Å². The first-order valence-corrected chi connectivity index (χ1v) is 8.04. The summed E-state index contributed by atoms with van der Waals surface area (Å²) in [5.74, 6) is -0.228. The Morgan fingerprint density at radius 1 is 1.57 bits per heavy atom. The molecule has 1 heterocycles. The number of hydrogen-bond acceptors (Lipinski definition) is 2. The van der Waals surface area contributed by atoms with Gasteiger partial charge in [-0.2, -0.15) is 5.10 Å². The van der Waals surface area contributed by atoms with Crippen LogP contribution in [-0.4, -0.2) is 16.6 Å². The van der Waals surface area contributed by atoms with E-state index in [1.54, 1.807) is 17.7 Å². The zero-order valence-electron chi connectivity index (χ0n) is 7.38. The average molecular weight is 323 g/mol. The maximum absolute atomic E-state index is 13.6. The van der Waals surface area contributed by atoms with Crippen molar-refractivity contribution in [1.82, 2.24) is 9.55 Å². The molecule has 0 aliphatic carbocycles. The normalized spacial score (nSPS) is 11.6. The molecule has 1 aromatic heterocycles. The van der Waals surface area contributed by atoms with E-state index < -0.39 is 0 Å². The van der Waals surface area contributed by atoms with Gasteiger partial charge in [0.15, 0.2) is 5.82 Å². The van der Waals surface area contributed by atoms with Gasteiger partial charge >= 0.3 is 0 Å². The highest BCUT2D eigenvalue weighted by Gasteiger charge is 2.08. The molecule has 0 fully saturated rings. The number of fused-ring (bicyclic) bond motifs is 1. The minimum absolute atomic E-state index is 0.228. The van der Waals surface area contributed by atoms with Crippen LogP contribution < -0.4 is 5.32 Å². The summed E-state index contributed by atoms with van der Waals surface area (Å²) in [5, 5.41) is 7.85. The number of hydrogen-bond donors (Lipinski definition) is 1. The lowest BCUT2D eigenvalue weighted by Crippen LogP contribution is -1.91. The Morgan fingerprint density at radius 2 is 2.36 bits per heavy atom. The number of rotatable bonds is 2. The van der Waals surface area contributed by atoms with E-state index in [2.05, 4.69) is 32.5 Å². The van der Waals surface area contributed by atoms with Gasteiger partial charge in [0.25, 0.3) is 0 Å². The largest absolute Gasteiger partial charge is 0.388 e. The predicted molar refractivity (Wildman–Crippen MR) is 67.0 cm³/mol. The first kappa shape index (κ1) is 10.1. The van der Waals surface area contributed by atoms with Gasteiger partial charge in [0.05, 0.1) is 12.6 Å². The molecular weight excluding hydrogens is 315 g/mol. The number of halogens is 2. The third-order valence-electron chi connectivity index (χ3n) is 1.99. The number of nitrogens with one attached hydrogen (secondary N) is 1. The van der Waals surface area contributed by atoms with E-state index in [0.717, 1.165) is 11.1 Å². The van der Waals surface area contributed by atoms with Crippen molar-refractivity contribution in [3.63, 3.8) is 0 Å². The summed E-state index contributed by atoms with van der Waals surface area (Å²) in [6, 6.07) is 3.37. The van der Waals surface area contributed by atoms with Crippen molar-refractivity contribution in [3.8, 4) is 0 Å². The molecule has 2 aromatic rings. The van der Waals surface area contributed by atoms with Crippen LogP contribution in [0.15, 0.2) is 18.3 Å². The Morgan fingerprint density at radius 3 is 3.00 bits per heavy atom. The summed E-state index contributed by atoms with van der Waals surface area (Å²) in [5.41, 5.74) is 1.35. The van der Waals surface area contributed by atoms with Crippen molar-refractivity contribution in [2.24, 2.45) is 0 Å². The molecule has 0 bridgehead atoms. The zero-order chi connectivity index (χ0) is 10.1. The van der Waals surface area contributed by atoms with Crippen LogP contribution in [0.3, 0.4) is 0 Å². The smallest absolute Gasteiger partial charge is 0.151 e. The maximum Gasteiger partial charge on any atom is 0.151 e. The van der Waals surface area contributed by atoms with Gasteiger partial charge in [-0.15, -0.1) is 0 Å². The molecule has 1 atom stereocenters. The average Bonchev–Trinajstić information content (AvgIpc) is 2.61. The highest BCUT2D eigenvalue weighted by atomic mass is 127. The first-order chi connectivity index (χ1) is 6.76. The Bertz CT molecular complexity index is 471. The summed E-state index contributed by atoms with van der Waals surface area (Å²) in [7, 11) is 1.77. The standard InChI is InChI=1S/C8H8FIN3P/c1-11-6-2-5-4-12-13(14-10)8(5)7(9)3-6/h2-4,11,14H,1H3. The van der Waals surface area contributed by atoms with Crippen LogP contribution in [-0.2, 0) is 0 Å². The van der Waals surface area contributed by atoms with E-state index in [1.807, 2.05) is 6.07 Å². The molecule has 0 aliphatic rings. The molecule has 0 radical (unpaired) electrons. The molecule has 0 saturated carbocycles. The molecule has 1 aromatic carbocycles. The van der Waals surface area contributed by atoms with Gasteiger partial charge in [-0.25, -0.2) is 8.84 Å². The van der Waals surface area contributed by atoms with Gasteiger partial charge in [0.2, 0.25) is 0 Å². The van der Waals surface area contributed by atoms with E-state index in [1.165, 1.54) is 6.07 Å². The molecule has 14 heavy (non-hydrogen) atoms. The van der Waals surface area contributed by atoms with Crippen molar-refractivity contribution in [3.05, 3.63) is 24.1 Å². The number of aromatic nitrogens is 2. The van der Waals surface area contributed by atoms with Crippen LogP contribution in [0.4, 0.5) is 10.1 Å². The van der Waals surface area contributed by atoms with Gasteiger partial charge in [-0.3, -0.25) is 0 Å². The van der Waals surface area contributed by atoms with Gasteiger partial charge in [0, 0.05) is 18.1 Å². The molecule has 1 N–H and O–H groups in total. The van der Waals surface area contributed by atoms with Crippen molar-refractivity contribution >= 4 is 45.0 Å². The number of nitrogens with zero attached hydrogens (tertiary/aromatic N) is 2. The van der Waals surface area contributed by atoms with Crippen LogP contribution in [0, 0.1) is 5.82 Å². The SMILES string of the molecule is CNc1cc(F)c2c(cnn2PI)c1. The first-order valence-electron chi connectivity index (χ1n) is 3.98. The van der Waals surface area contributed by atoms with Crippen LogP contribution >= 0.6 is 28.4 Å². The quantitative estimate of drug-likeness (QED) is 0.680. The summed E-state index contributed by atoms with van der Waals surface area (Å²) in [6.07, 6.45) is 2.10. The Hall–Kier alpha value is -0.420. The van der Waals surface area contributed by atoms with E-state index in [0.29, 0.717) is 11.9 Å². The van der Waals surface area contributed by atoms with E-state index >= 15 is 0 Å². The van der Waals surface area contributed by atoms with E-state index in [9.17, 15) is 4.39 Å². The van der Waals surface area contributed by atoms with Gasteiger partial charge in [0.1, 0.15) is 5.52 Å². The van der Waals surface area contributed by atoms with Crippen molar-refractivity contribution in [1.29, 1.82) is 0 Å². The second kappa shape index (κ2) is 3.98. The molecular formula is C8H8FIN3P. The number of benzene rings is 1. The van der Waals surface area contributed by atoms with Crippen molar-refractivity contribution in [2.75, 3.05) is 12.4 Å². The van der Waals surface area contributed by atoms with Gasteiger partial charge in [-0.1, -0.05) is 0 Å². The zero-order valence-corrected chi connectivity index (χ0v) is 10.5. The van der Waals surface area contributed by atoms with E-state index in [4.69, 9.17) is 0 Å². The molecule has 1 unspecified atom stereocenters. The summed E-state index contributed by atoms with van der Waals surface area (Å²) >= 11 is 2.18. The molecule has 74 valence electrons. The molecule has 3 nitrogen and oxygen atoms in total. The minimum Gasteiger partial charge on any atom is -0.388 e. The van der Waals surface area contributed by atoms with Crippen LogP contribution in [0.25, 0.3) is 10.9 Å². The molecule has 6 heteroatoms. The van der Waals surface area contributed by atoms with Crippen molar-refractivity contribution < 1.29 is 4.39 Å². The lowest BCUT2D eigenvalue weighted by atomic mass is 10.2. The molecule has 0 spiro atoms. The maximum atomic E-state index is 13.6. The lowest BCUT2D eigenvalue weighted by Gasteiger charge is -2.02. The highest BCUT2D eigenvalue weighted by Crippen LogP contribution is 2.31. The van der Waals surface area contributed by atoms with Gasteiger partial charge in [-0.05, 0) is 34.2 Å². The Kier molecular flexibility index (Phi) is 2.88. The van der Waals surface area contributed by atoms with Crippen LogP contribution in [0.5, 0.6) is 0 Å². The lowest BCUT2D eigenvalue weighted by molar-refractivity contribution is 0.635. The van der Waals surface area contributed by atoms with Crippen LogP contribution in [0.2, 0.25) is 0 Å².